The summed E-state index contributed by atoms with van der Waals surface area (Å²) in [7, 11) is 1.93. The molecule has 1 aliphatic heterocycles. The SMILES string of the molecule is Cc1c(CNC2CCCOC2)cc(C#N)n1C. The molecular weight excluding hydrogens is 214 g/mol. The minimum Gasteiger partial charge on any atom is -0.380 e. The van der Waals surface area contributed by atoms with Crippen molar-refractivity contribution in [2.75, 3.05) is 13.2 Å². The number of hydrogen-bond acceptors (Lipinski definition) is 3. The zero-order valence-corrected chi connectivity index (χ0v) is 10.5. The van der Waals surface area contributed by atoms with E-state index in [0.29, 0.717) is 6.04 Å². The second-order valence-corrected chi connectivity index (χ2v) is 4.61. The van der Waals surface area contributed by atoms with Crippen molar-refractivity contribution >= 4 is 0 Å². The van der Waals surface area contributed by atoms with Gasteiger partial charge < -0.3 is 14.6 Å². The van der Waals surface area contributed by atoms with Crippen LogP contribution < -0.4 is 5.32 Å². The fourth-order valence-electron chi connectivity index (χ4n) is 2.20. The molecule has 1 unspecified atom stereocenters. The smallest absolute Gasteiger partial charge is 0.120 e. The molecule has 1 N–H and O–H groups in total. The van der Waals surface area contributed by atoms with Crippen molar-refractivity contribution in [2.24, 2.45) is 7.05 Å². The molecule has 1 saturated heterocycles. The maximum atomic E-state index is 8.96. The quantitative estimate of drug-likeness (QED) is 0.860. The summed E-state index contributed by atoms with van der Waals surface area (Å²) >= 11 is 0. The van der Waals surface area contributed by atoms with Crippen molar-refractivity contribution in [1.82, 2.24) is 9.88 Å². The zero-order valence-electron chi connectivity index (χ0n) is 10.5. The van der Waals surface area contributed by atoms with E-state index >= 15 is 0 Å². The summed E-state index contributed by atoms with van der Waals surface area (Å²) in [6, 6.07) is 4.62. The highest BCUT2D eigenvalue weighted by atomic mass is 16.5. The largest absolute Gasteiger partial charge is 0.380 e. The van der Waals surface area contributed by atoms with Gasteiger partial charge in [-0.1, -0.05) is 0 Å². The molecule has 92 valence electrons. The normalized spacial score (nSPS) is 20.2. The van der Waals surface area contributed by atoms with Crippen LogP contribution in [-0.4, -0.2) is 23.8 Å². The van der Waals surface area contributed by atoms with Crippen molar-refractivity contribution < 1.29 is 4.74 Å². The first kappa shape index (κ1) is 12.2. The fraction of sp³-hybridized carbons (Fsp3) is 0.615. The minimum absolute atomic E-state index is 0.453. The number of rotatable bonds is 3. The standard InChI is InChI=1S/C13H19N3O/c1-10-11(6-13(7-14)16(10)2)8-15-12-4-3-5-17-9-12/h6,12,15H,3-5,8-9H2,1-2H3. The van der Waals surface area contributed by atoms with Crippen molar-refractivity contribution in [3.05, 3.63) is 23.0 Å². The number of nitrogens with zero attached hydrogens (tertiary/aromatic N) is 2. The minimum atomic E-state index is 0.453. The van der Waals surface area contributed by atoms with Crippen LogP contribution in [0, 0.1) is 18.3 Å². The number of aromatic nitrogens is 1. The average Bonchev–Trinajstić information content (AvgIpc) is 2.65. The first-order chi connectivity index (χ1) is 8.22. The van der Waals surface area contributed by atoms with Crippen LogP contribution >= 0.6 is 0 Å². The molecule has 4 heteroatoms. The third-order valence-electron chi connectivity index (χ3n) is 3.50. The highest BCUT2D eigenvalue weighted by molar-refractivity contribution is 5.34. The molecule has 1 fully saturated rings. The molecule has 0 amide bonds. The molecule has 0 aromatic carbocycles. The van der Waals surface area contributed by atoms with Crippen LogP contribution in [0.5, 0.6) is 0 Å². The van der Waals surface area contributed by atoms with Crippen LogP contribution in [0.1, 0.15) is 29.8 Å². The topological polar surface area (TPSA) is 50.0 Å². The fourth-order valence-corrected chi connectivity index (χ4v) is 2.20. The zero-order chi connectivity index (χ0) is 12.3. The van der Waals surface area contributed by atoms with Gasteiger partial charge in [0, 0.05) is 31.9 Å². The van der Waals surface area contributed by atoms with E-state index in [1.165, 1.54) is 12.0 Å². The third-order valence-corrected chi connectivity index (χ3v) is 3.50. The lowest BCUT2D eigenvalue weighted by molar-refractivity contribution is 0.0699. The second-order valence-electron chi connectivity index (χ2n) is 4.61. The Bertz CT molecular complexity index is 425. The molecule has 0 bridgehead atoms. The van der Waals surface area contributed by atoms with Gasteiger partial charge in [-0.05, 0) is 31.4 Å². The van der Waals surface area contributed by atoms with Crippen LogP contribution in [0.3, 0.4) is 0 Å². The summed E-state index contributed by atoms with van der Waals surface area (Å²) in [5, 5.41) is 12.5. The molecule has 1 aromatic heterocycles. The summed E-state index contributed by atoms with van der Waals surface area (Å²) in [6.07, 6.45) is 2.31. The molecule has 0 spiro atoms. The first-order valence-electron chi connectivity index (χ1n) is 6.09. The number of nitrogens with one attached hydrogen (secondary N) is 1. The van der Waals surface area contributed by atoms with Crippen molar-refractivity contribution in [1.29, 1.82) is 5.26 Å². The van der Waals surface area contributed by atoms with E-state index in [-0.39, 0.29) is 0 Å². The van der Waals surface area contributed by atoms with Crippen LogP contribution in [-0.2, 0) is 18.3 Å². The van der Waals surface area contributed by atoms with E-state index < -0.39 is 0 Å². The molecule has 1 atom stereocenters. The van der Waals surface area contributed by atoms with Gasteiger partial charge in [-0.25, -0.2) is 0 Å². The Balaban J connectivity index is 1.97. The lowest BCUT2D eigenvalue weighted by Crippen LogP contribution is -2.36. The molecule has 4 nitrogen and oxygen atoms in total. The van der Waals surface area contributed by atoms with Crippen molar-refractivity contribution in [3.63, 3.8) is 0 Å². The Kier molecular flexibility index (Phi) is 3.82. The average molecular weight is 233 g/mol. The lowest BCUT2D eigenvalue weighted by atomic mass is 10.1. The molecule has 1 aromatic rings. The van der Waals surface area contributed by atoms with E-state index in [0.717, 1.165) is 37.6 Å². The Morgan fingerprint density at radius 2 is 2.47 bits per heavy atom. The predicted molar refractivity (Wildman–Crippen MR) is 65.5 cm³/mol. The summed E-state index contributed by atoms with van der Waals surface area (Å²) in [6.45, 7) is 4.56. The van der Waals surface area contributed by atoms with Crippen LogP contribution in [0.15, 0.2) is 6.07 Å². The van der Waals surface area contributed by atoms with Crippen LogP contribution in [0.4, 0.5) is 0 Å². The highest BCUT2D eigenvalue weighted by Crippen LogP contribution is 2.14. The van der Waals surface area contributed by atoms with E-state index in [1.807, 2.05) is 17.7 Å². The molecule has 17 heavy (non-hydrogen) atoms. The second kappa shape index (κ2) is 5.35. The predicted octanol–water partition coefficient (Wildman–Crippen LogP) is 1.47. The molecule has 2 heterocycles. The van der Waals surface area contributed by atoms with Gasteiger partial charge in [-0.3, -0.25) is 0 Å². The number of nitriles is 1. The van der Waals surface area contributed by atoms with Gasteiger partial charge in [-0.2, -0.15) is 5.26 Å². The number of ether oxygens (including phenoxy) is 1. The summed E-state index contributed by atoms with van der Waals surface area (Å²) in [5.41, 5.74) is 3.08. The van der Waals surface area contributed by atoms with E-state index in [9.17, 15) is 0 Å². The van der Waals surface area contributed by atoms with Crippen molar-refractivity contribution in [3.8, 4) is 6.07 Å². The number of hydrogen-bond donors (Lipinski definition) is 1. The monoisotopic (exact) mass is 233 g/mol. The summed E-state index contributed by atoms with van der Waals surface area (Å²) < 4.78 is 7.37. The van der Waals surface area contributed by atoms with Gasteiger partial charge in [0.15, 0.2) is 0 Å². The first-order valence-corrected chi connectivity index (χ1v) is 6.09. The van der Waals surface area contributed by atoms with Crippen LogP contribution in [0.2, 0.25) is 0 Å². The van der Waals surface area contributed by atoms with E-state index in [1.54, 1.807) is 0 Å². The summed E-state index contributed by atoms with van der Waals surface area (Å²) in [5.74, 6) is 0. The van der Waals surface area contributed by atoms with Gasteiger partial charge in [0.05, 0.1) is 6.61 Å². The van der Waals surface area contributed by atoms with Gasteiger partial charge >= 0.3 is 0 Å². The lowest BCUT2D eigenvalue weighted by Gasteiger charge is -2.23. The third kappa shape index (κ3) is 2.68. The van der Waals surface area contributed by atoms with Crippen LogP contribution in [0.25, 0.3) is 0 Å². The van der Waals surface area contributed by atoms with E-state index in [4.69, 9.17) is 10.00 Å². The molecule has 1 aliphatic rings. The molecule has 0 saturated carbocycles. The Morgan fingerprint density at radius 3 is 3.06 bits per heavy atom. The molecule has 2 rings (SSSR count). The maximum Gasteiger partial charge on any atom is 0.120 e. The molecule has 0 radical (unpaired) electrons. The van der Waals surface area contributed by atoms with Gasteiger partial charge in [-0.15, -0.1) is 0 Å². The maximum absolute atomic E-state index is 8.96. The molecule has 0 aliphatic carbocycles. The summed E-state index contributed by atoms with van der Waals surface area (Å²) in [4.78, 5) is 0. The van der Waals surface area contributed by atoms with Gasteiger partial charge in [0.2, 0.25) is 0 Å². The molecular formula is C13H19N3O. The Labute approximate surface area is 102 Å². The van der Waals surface area contributed by atoms with E-state index in [2.05, 4.69) is 18.3 Å². The Morgan fingerprint density at radius 1 is 1.65 bits per heavy atom. The van der Waals surface area contributed by atoms with Gasteiger partial charge in [0.25, 0.3) is 0 Å². The Hall–Kier alpha value is -1.31. The van der Waals surface area contributed by atoms with Crippen molar-refractivity contribution in [2.45, 2.75) is 32.4 Å². The highest BCUT2D eigenvalue weighted by Gasteiger charge is 2.14. The van der Waals surface area contributed by atoms with Gasteiger partial charge in [0.1, 0.15) is 11.8 Å².